The Bertz CT molecular complexity index is 621. The van der Waals surface area contributed by atoms with Gasteiger partial charge >= 0.3 is 12.4 Å². The van der Waals surface area contributed by atoms with Gasteiger partial charge in [0.25, 0.3) is 0 Å². The normalized spacial score (nSPS) is 17.7. The topological polar surface area (TPSA) is 49.6 Å². The molecule has 0 spiro atoms. The van der Waals surface area contributed by atoms with Crippen LogP contribution in [0.3, 0.4) is 0 Å². The van der Waals surface area contributed by atoms with Crippen molar-refractivity contribution in [2.45, 2.75) is 18.9 Å². The predicted octanol–water partition coefficient (Wildman–Crippen LogP) is 2.48. The van der Waals surface area contributed by atoms with E-state index in [1.54, 1.807) is 4.90 Å². The molecular formula is C15H17F6N3O. The summed E-state index contributed by atoms with van der Waals surface area (Å²) < 4.78 is 76.6. The molecule has 0 unspecified atom stereocenters. The van der Waals surface area contributed by atoms with Crippen molar-refractivity contribution in [1.29, 1.82) is 0 Å². The Kier molecular flexibility index (Phi) is 5.62. The van der Waals surface area contributed by atoms with Gasteiger partial charge in [-0.2, -0.15) is 26.3 Å². The Morgan fingerprint density at radius 3 is 2.04 bits per heavy atom. The molecule has 2 rings (SSSR count). The van der Waals surface area contributed by atoms with Crippen LogP contribution in [0.2, 0.25) is 0 Å². The molecule has 1 fully saturated rings. The highest BCUT2D eigenvalue weighted by atomic mass is 19.4. The van der Waals surface area contributed by atoms with Crippen LogP contribution >= 0.6 is 0 Å². The summed E-state index contributed by atoms with van der Waals surface area (Å²) in [6, 6.07) is 3.11. The monoisotopic (exact) mass is 369 g/mol. The van der Waals surface area contributed by atoms with Crippen molar-refractivity contribution in [2.75, 3.05) is 32.7 Å². The van der Waals surface area contributed by atoms with E-state index in [9.17, 15) is 31.1 Å². The maximum atomic E-state index is 13.2. The fourth-order valence-electron chi connectivity index (χ4n) is 2.73. The van der Waals surface area contributed by atoms with E-state index in [2.05, 4.69) is 0 Å². The summed E-state index contributed by atoms with van der Waals surface area (Å²) in [5.41, 5.74) is 3.77. The number of amides is 1. The highest BCUT2D eigenvalue weighted by molar-refractivity contribution is 5.93. The number of carbonyl (C=O) groups is 1. The van der Waals surface area contributed by atoms with E-state index in [0.29, 0.717) is 6.07 Å². The van der Waals surface area contributed by atoms with Crippen LogP contribution in [0.1, 0.15) is 21.5 Å². The van der Waals surface area contributed by atoms with Crippen molar-refractivity contribution in [1.82, 2.24) is 9.80 Å². The molecule has 0 aromatic heterocycles. The van der Waals surface area contributed by atoms with Crippen LogP contribution in [0.4, 0.5) is 26.3 Å². The predicted molar refractivity (Wildman–Crippen MR) is 77.7 cm³/mol. The molecule has 1 amide bonds. The molecule has 1 aliphatic rings. The van der Waals surface area contributed by atoms with E-state index in [0.717, 1.165) is 0 Å². The third kappa shape index (κ3) is 5.60. The largest absolute Gasteiger partial charge is 0.416 e. The van der Waals surface area contributed by atoms with Gasteiger partial charge in [-0.1, -0.05) is 6.07 Å². The lowest BCUT2D eigenvalue weighted by molar-refractivity contribution is -0.149. The number of carbonyl (C=O) groups excluding carboxylic acids is 1. The van der Waals surface area contributed by atoms with Gasteiger partial charge in [0.05, 0.1) is 12.1 Å². The van der Waals surface area contributed by atoms with Crippen LogP contribution in [0.15, 0.2) is 18.2 Å². The fraction of sp³-hybridized carbons (Fsp3) is 0.533. The van der Waals surface area contributed by atoms with Gasteiger partial charge in [0.15, 0.2) is 0 Å². The molecule has 25 heavy (non-hydrogen) atoms. The first-order valence-electron chi connectivity index (χ1n) is 7.47. The summed E-state index contributed by atoms with van der Waals surface area (Å²) in [7, 11) is 0. The number of alkyl halides is 6. The summed E-state index contributed by atoms with van der Waals surface area (Å²) in [4.78, 5) is 14.0. The maximum absolute atomic E-state index is 13.2. The summed E-state index contributed by atoms with van der Waals surface area (Å²) in [5, 5.41) is 0. The Balaban J connectivity index is 2.07. The van der Waals surface area contributed by atoms with Crippen LogP contribution in [0.25, 0.3) is 0 Å². The number of halogens is 6. The second-order valence-electron chi connectivity index (χ2n) is 5.90. The molecule has 1 aliphatic heterocycles. The van der Waals surface area contributed by atoms with E-state index in [4.69, 9.17) is 5.73 Å². The SMILES string of the molecule is NC(=O)c1ccc(CN2CCN(CC(F)(F)F)CC2)c(C(F)(F)F)c1. The zero-order valence-corrected chi connectivity index (χ0v) is 13.1. The molecule has 0 atom stereocenters. The molecule has 10 heteroatoms. The third-order valence-electron chi connectivity index (χ3n) is 3.96. The first kappa shape index (κ1) is 19.5. The van der Waals surface area contributed by atoms with Crippen molar-refractivity contribution >= 4 is 5.91 Å². The smallest absolute Gasteiger partial charge is 0.366 e. The summed E-state index contributed by atoms with van der Waals surface area (Å²) in [6.07, 6.45) is -8.95. The second kappa shape index (κ2) is 7.20. The van der Waals surface area contributed by atoms with Crippen molar-refractivity contribution < 1.29 is 31.1 Å². The highest BCUT2D eigenvalue weighted by Crippen LogP contribution is 2.33. The number of nitrogens with two attached hydrogens (primary N) is 1. The van der Waals surface area contributed by atoms with Gasteiger partial charge in [-0.15, -0.1) is 0 Å². The fourth-order valence-corrected chi connectivity index (χ4v) is 2.73. The minimum atomic E-state index is -4.65. The standard InChI is InChI=1S/C15H17F6N3O/c16-14(17,18)9-24-5-3-23(4-6-24)8-11-2-1-10(13(22)25)7-12(11)15(19,20)21/h1-2,7H,3-6,8-9H2,(H2,22,25). The molecule has 140 valence electrons. The van der Waals surface area contributed by atoms with E-state index in [-0.39, 0.29) is 43.9 Å². The van der Waals surface area contributed by atoms with Crippen molar-refractivity contribution in [3.63, 3.8) is 0 Å². The average Bonchev–Trinajstić information content (AvgIpc) is 2.47. The number of primary amides is 1. The molecule has 0 aliphatic carbocycles. The Morgan fingerprint density at radius 1 is 1.00 bits per heavy atom. The van der Waals surface area contributed by atoms with Crippen LogP contribution in [-0.2, 0) is 12.7 Å². The minimum absolute atomic E-state index is 0.0400. The lowest BCUT2D eigenvalue weighted by atomic mass is 10.0. The van der Waals surface area contributed by atoms with Gasteiger partial charge in [0.1, 0.15) is 0 Å². The van der Waals surface area contributed by atoms with E-state index >= 15 is 0 Å². The minimum Gasteiger partial charge on any atom is -0.366 e. The first-order valence-corrected chi connectivity index (χ1v) is 7.47. The zero-order chi connectivity index (χ0) is 18.8. The molecule has 1 saturated heterocycles. The van der Waals surface area contributed by atoms with Gasteiger partial charge < -0.3 is 5.73 Å². The Labute approximate surface area is 140 Å². The number of nitrogens with zero attached hydrogens (tertiary/aromatic N) is 2. The van der Waals surface area contributed by atoms with Gasteiger partial charge in [0, 0.05) is 38.3 Å². The van der Waals surface area contributed by atoms with Crippen LogP contribution < -0.4 is 5.73 Å². The Hall–Kier alpha value is -1.81. The summed E-state index contributed by atoms with van der Waals surface area (Å²) in [5.74, 6) is -0.960. The number of hydrogen-bond donors (Lipinski definition) is 1. The van der Waals surface area contributed by atoms with Crippen molar-refractivity contribution in [2.24, 2.45) is 5.73 Å². The maximum Gasteiger partial charge on any atom is 0.416 e. The molecule has 1 aromatic rings. The van der Waals surface area contributed by atoms with E-state index in [1.807, 2.05) is 0 Å². The molecule has 4 nitrogen and oxygen atoms in total. The molecular weight excluding hydrogens is 352 g/mol. The van der Waals surface area contributed by atoms with E-state index < -0.39 is 30.4 Å². The number of piperazine rings is 1. The first-order chi connectivity index (χ1) is 11.5. The Morgan fingerprint density at radius 2 is 1.56 bits per heavy atom. The average molecular weight is 369 g/mol. The summed E-state index contributed by atoms with van der Waals surface area (Å²) in [6.45, 7) is -0.383. The van der Waals surface area contributed by atoms with Gasteiger partial charge in [-0.3, -0.25) is 14.6 Å². The van der Waals surface area contributed by atoms with Crippen LogP contribution in [0, 0.1) is 0 Å². The van der Waals surface area contributed by atoms with Gasteiger partial charge in [-0.25, -0.2) is 0 Å². The number of hydrogen-bond acceptors (Lipinski definition) is 3. The molecule has 0 saturated carbocycles. The van der Waals surface area contributed by atoms with Gasteiger partial charge in [-0.05, 0) is 17.7 Å². The molecule has 1 heterocycles. The third-order valence-corrected chi connectivity index (χ3v) is 3.96. The molecule has 0 radical (unpaired) electrons. The van der Waals surface area contributed by atoms with Crippen LogP contribution in [0.5, 0.6) is 0 Å². The van der Waals surface area contributed by atoms with Crippen LogP contribution in [-0.4, -0.2) is 54.6 Å². The van der Waals surface area contributed by atoms with Crippen molar-refractivity contribution in [3.05, 3.63) is 34.9 Å². The molecule has 2 N–H and O–H groups in total. The lowest BCUT2D eigenvalue weighted by Gasteiger charge is -2.35. The second-order valence-corrected chi connectivity index (χ2v) is 5.90. The lowest BCUT2D eigenvalue weighted by Crippen LogP contribution is -2.48. The highest BCUT2D eigenvalue weighted by Gasteiger charge is 2.35. The van der Waals surface area contributed by atoms with Gasteiger partial charge in [0.2, 0.25) is 5.91 Å². The molecule has 0 bridgehead atoms. The van der Waals surface area contributed by atoms with Crippen molar-refractivity contribution in [3.8, 4) is 0 Å². The quantitative estimate of drug-likeness (QED) is 0.830. The summed E-state index contributed by atoms with van der Waals surface area (Å²) >= 11 is 0. The zero-order valence-electron chi connectivity index (χ0n) is 13.1. The number of rotatable bonds is 4. The number of benzene rings is 1. The molecule has 1 aromatic carbocycles. The van der Waals surface area contributed by atoms with E-state index in [1.165, 1.54) is 17.0 Å².